The highest BCUT2D eigenvalue weighted by molar-refractivity contribution is 8.13. The van der Waals surface area contributed by atoms with Gasteiger partial charge < -0.3 is 9.47 Å². The molecule has 0 atom stereocenters. The highest BCUT2D eigenvalue weighted by Crippen LogP contribution is 2.20. The van der Waals surface area contributed by atoms with Crippen LogP contribution < -0.4 is 0 Å². The van der Waals surface area contributed by atoms with Crippen molar-refractivity contribution >= 4 is 25.7 Å². The van der Waals surface area contributed by atoms with Crippen LogP contribution in [0, 0.1) is 11.7 Å². The number of carbonyl (C=O) groups is 1. The van der Waals surface area contributed by atoms with Crippen LogP contribution in [0.1, 0.15) is 23.2 Å². The molecule has 0 spiro atoms. The molecule has 1 aliphatic rings. The fourth-order valence-electron chi connectivity index (χ4n) is 2.01. The zero-order chi connectivity index (χ0) is 15.5. The number of carbonyl (C=O) groups excluding carboxylic acids is 1. The standard InChI is InChI=1S/C13H14ClFO5S/c14-21(17,18)12-6-10(5-11(15)7-12)13(16)20-8-9-1-3-19-4-2-9/h5-7,9H,1-4,8H2. The molecule has 0 saturated carbocycles. The largest absolute Gasteiger partial charge is 0.462 e. The molecular weight excluding hydrogens is 323 g/mol. The van der Waals surface area contributed by atoms with Crippen LogP contribution in [0.3, 0.4) is 0 Å². The van der Waals surface area contributed by atoms with Crippen molar-refractivity contribution in [2.24, 2.45) is 5.92 Å². The first kappa shape index (κ1) is 16.2. The minimum Gasteiger partial charge on any atom is -0.462 e. The average molecular weight is 337 g/mol. The molecule has 0 bridgehead atoms. The predicted molar refractivity (Wildman–Crippen MR) is 73.3 cm³/mol. The number of esters is 1. The smallest absolute Gasteiger partial charge is 0.338 e. The minimum atomic E-state index is -4.11. The van der Waals surface area contributed by atoms with E-state index in [-0.39, 0.29) is 18.1 Å². The fourth-order valence-corrected chi connectivity index (χ4v) is 2.80. The summed E-state index contributed by atoms with van der Waals surface area (Å²) in [6.07, 6.45) is 1.58. The van der Waals surface area contributed by atoms with Crippen molar-refractivity contribution in [3.63, 3.8) is 0 Å². The number of hydrogen-bond donors (Lipinski definition) is 0. The Kier molecular flexibility index (Phi) is 5.18. The summed E-state index contributed by atoms with van der Waals surface area (Å²) in [4.78, 5) is 11.4. The number of ether oxygens (including phenoxy) is 2. The first-order chi connectivity index (χ1) is 9.86. The van der Waals surface area contributed by atoms with E-state index in [2.05, 4.69) is 0 Å². The lowest BCUT2D eigenvalue weighted by molar-refractivity contribution is 0.0185. The van der Waals surface area contributed by atoms with Gasteiger partial charge in [-0.1, -0.05) is 0 Å². The van der Waals surface area contributed by atoms with Gasteiger partial charge in [-0.15, -0.1) is 0 Å². The van der Waals surface area contributed by atoms with Gasteiger partial charge in [-0.05, 0) is 37.0 Å². The van der Waals surface area contributed by atoms with Crippen LogP contribution in [0.4, 0.5) is 4.39 Å². The van der Waals surface area contributed by atoms with E-state index in [1.165, 1.54) is 0 Å². The van der Waals surface area contributed by atoms with Crippen LogP contribution in [0.15, 0.2) is 23.1 Å². The summed E-state index contributed by atoms with van der Waals surface area (Å²) >= 11 is 0. The first-order valence-electron chi connectivity index (χ1n) is 6.36. The Bertz CT molecular complexity index is 625. The van der Waals surface area contributed by atoms with Crippen LogP contribution in [-0.4, -0.2) is 34.2 Å². The lowest BCUT2D eigenvalue weighted by atomic mass is 10.0. The van der Waals surface area contributed by atoms with Gasteiger partial charge in [-0.25, -0.2) is 17.6 Å². The molecule has 0 aliphatic carbocycles. The maximum absolute atomic E-state index is 13.4. The van der Waals surface area contributed by atoms with Gasteiger partial charge in [0.05, 0.1) is 17.1 Å². The van der Waals surface area contributed by atoms with E-state index in [1.54, 1.807) is 0 Å². The normalized spacial score (nSPS) is 16.7. The number of rotatable bonds is 4. The summed E-state index contributed by atoms with van der Waals surface area (Å²) in [5.74, 6) is -1.44. The summed E-state index contributed by atoms with van der Waals surface area (Å²) < 4.78 is 46.0. The summed E-state index contributed by atoms with van der Waals surface area (Å²) in [5, 5.41) is 0. The molecule has 5 nitrogen and oxygen atoms in total. The molecule has 21 heavy (non-hydrogen) atoms. The molecule has 0 N–H and O–H groups in total. The second-order valence-electron chi connectivity index (χ2n) is 4.77. The molecule has 0 amide bonds. The molecule has 1 saturated heterocycles. The highest BCUT2D eigenvalue weighted by atomic mass is 35.7. The SMILES string of the molecule is O=C(OCC1CCOCC1)c1cc(F)cc(S(=O)(=O)Cl)c1. The summed E-state index contributed by atoms with van der Waals surface area (Å²) in [6.45, 7) is 1.44. The molecule has 1 aromatic rings. The lowest BCUT2D eigenvalue weighted by Gasteiger charge is -2.21. The molecule has 1 aliphatic heterocycles. The molecule has 1 heterocycles. The highest BCUT2D eigenvalue weighted by Gasteiger charge is 2.19. The summed E-state index contributed by atoms with van der Waals surface area (Å²) in [5.41, 5.74) is -0.179. The van der Waals surface area contributed by atoms with Crippen molar-refractivity contribution in [1.29, 1.82) is 0 Å². The molecule has 0 aromatic heterocycles. The van der Waals surface area contributed by atoms with Gasteiger partial charge in [0.2, 0.25) is 0 Å². The van der Waals surface area contributed by atoms with Gasteiger partial charge in [-0.3, -0.25) is 0 Å². The number of benzene rings is 1. The van der Waals surface area contributed by atoms with Crippen molar-refractivity contribution in [1.82, 2.24) is 0 Å². The Morgan fingerprint density at radius 3 is 2.62 bits per heavy atom. The first-order valence-corrected chi connectivity index (χ1v) is 8.67. The molecule has 1 fully saturated rings. The Morgan fingerprint density at radius 1 is 1.33 bits per heavy atom. The van der Waals surface area contributed by atoms with Gasteiger partial charge in [0, 0.05) is 23.9 Å². The topological polar surface area (TPSA) is 69.7 Å². The monoisotopic (exact) mass is 336 g/mol. The van der Waals surface area contributed by atoms with E-state index in [4.69, 9.17) is 20.2 Å². The van der Waals surface area contributed by atoms with Gasteiger partial charge in [0.1, 0.15) is 5.82 Å². The zero-order valence-electron chi connectivity index (χ0n) is 11.1. The Labute approximate surface area is 126 Å². The summed E-state index contributed by atoms with van der Waals surface area (Å²) in [7, 11) is 1.04. The molecule has 2 rings (SSSR count). The van der Waals surface area contributed by atoms with Gasteiger partial charge in [-0.2, -0.15) is 0 Å². The van der Waals surface area contributed by atoms with Gasteiger partial charge in [0.25, 0.3) is 9.05 Å². The second kappa shape index (κ2) is 6.72. The predicted octanol–water partition coefficient (Wildman–Crippen LogP) is 2.34. The molecule has 8 heteroatoms. The van der Waals surface area contributed by atoms with Gasteiger partial charge >= 0.3 is 5.97 Å². The minimum absolute atomic E-state index is 0.179. The van der Waals surface area contributed by atoms with Crippen LogP contribution in [0.2, 0.25) is 0 Å². The Balaban J connectivity index is 2.06. The van der Waals surface area contributed by atoms with Crippen molar-refractivity contribution in [2.45, 2.75) is 17.7 Å². The number of hydrogen-bond acceptors (Lipinski definition) is 5. The van der Waals surface area contributed by atoms with E-state index in [9.17, 15) is 17.6 Å². The molecular formula is C13H14ClFO5S. The third-order valence-electron chi connectivity index (χ3n) is 3.18. The lowest BCUT2D eigenvalue weighted by Crippen LogP contribution is -2.22. The van der Waals surface area contributed by atoms with E-state index < -0.39 is 25.7 Å². The van der Waals surface area contributed by atoms with Crippen LogP contribution in [0.25, 0.3) is 0 Å². The van der Waals surface area contributed by atoms with Crippen molar-refractivity contribution < 1.29 is 27.1 Å². The third kappa shape index (κ3) is 4.66. The van der Waals surface area contributed by atoms with Crippen LogP contribution in [0.5, 0.6) is 0 Å². The fraction of sp³-hybridized carbons (Fsp3) is 0.462. The molecule has 1 aromatic carbocycles. The van der Waals surface area contributed by atoms with E-state index in [0.717, 1.165) is 31.0 Å². The van der Waals surface area contributed by atoms with E-state index >= 15 is 0 Å². The number of halogens is 2. The van der Waals surface area contributed by atoms with Crippen LogP contribution >= 0.6 is 10.7 Å². The molecule has 116 valence electrons. The average Bonchev–Trinajstić information content (AvgIpc) is 2.44. The van der Waals surface area contributed by atoms with E-state index in [0.29, 0.717) is 13.2 Å². The van der Waals surface area contributed by atoms with Gasteiger partial charge in [0.15, 0.2) is 0 Å². The Hall–Kier alpha value is -1.18. The molecule has 0 radical (unpaired) electrons. The second-order valence-corrected chi connectivity index (χ2v) is 7.33. The van der Waals surface area contributed by atoms with E-state index in [1.807, 2.05) is 0 Å². The Morgan fingerprint density at radius 2 is 2.00 bits per heavy atom. The maximum Gasteiger partial charge on any atom is 0.338 e. The summed E-state index contributed by atoms with van der Waals surface area (Å²) in [6, 6.07) is 2.66. The van der Waals surface area contributed by atoms with Crippen molar-refractivity contribution in [3.05, 3.63) is 29.6 Å². The van der Waals surface area contributed by atoms with Crippen LogP contribution in [-0.2, 0) is 18.5 Å². The van der Waals surface area contributed by atoms with Crippen molar-refractivity contribution in [3.8, 4) is 0 Å². The molecule has 0 unspecified atom stereocenters. The maximum atomic E-state index is 13.4. The third-order valence-corrected chi connectivity index (χ3v) is 4.51. The van der Waals surface area contributed by atoms with Crippen molar-refractivity contribution in [2.75, 3.05) is 19.8 Å². The zero-order valence-corrected chi connectivity index (χ0v) is 12.6. The quantitative estimate of drug-likeness (QED) is 0.623.